The topological polar surface area (TPSA) is 253 Å². The molecule has 0 radical (unpaired) electrons. The molecular formula is C52H66ClN7O10S. The molecule has 7 N–H and O–H groups in total. The van der Waals surface area contributed by atoms with Crippen LogP contribution in [0.15, 0.2) is 66.6 Å². The number of nitrogens with zero attached hydrogens (tertiary/aromatic N) is 5. The van der Waals surface area contributed by atoms with E-state index in [-0.39, 0.29) is 72.5 Å². The molecule has 2 saturated heterocycles. The fourth-order valence-corrected chi connectivity index (χ4v) is 10.4. The van der Waals surface area contributed by atoms with Gasteiger partial charge in [-0.1, -0.05) is 94.8 Å². The smallest absolute Gasteiger partial charge is 0.243 e. The number of benzene rings is 2. The van der Waals surface area contributed by atoms with Gasteiger partial charge in [-0.2, -0.15) is 0 Å². The number of nitrogens with one attached hydrogen (secondary N) is 1. The monoisotopic (exact) mass is 1020 g/mol. The number of aliphatic hydroxyl groups excluding tert-OH is 4. The molecule has 71 heavy (non-hydrogen) atoms. The maximum Gasteiger partial charge on any atom is 0.243 e. The number of nitrogen functional groups attached to an aromatic ring is 1. The number of thiazole rings is 1. The second-order valence-corrected chi connectivity index (χ2v) is 21.1. The summed E-state index contributed by atoms with van der Waals surface area (Å²) in [5.41, 5.74) is 10.8. The molecule has 2 fully saturated rings. The first-order chi connectivity index (χ1) is 33.9. The lowest BCUT2D eigenvalue weighted by Gasteiger charge is -2.34. The first-order valence-corrected chi connectivity index (χ1v) is 25.6. The van der Waals surface area contributed by atoms with Crippen LogP contribution >= 0.6 is 22.9 Å². The van der Waals surface area contributed by atoms with Gasteiger partial charge >= 0.3 is 0 Å². The minimum absolute atomic E-state index is 0.000841. The number of rotatable bonds is 23. The molecule has 0 bridgehead atoms. The van der Waals surface area contributed by atoms with E-state index < -0.39 is 54.1 Å². The van der Waals surface area contributed by atoms with Crippen molar-refractivity contribution < 1.29 is 49.1 Å². The number of β-amino-alcohol motifs (C(OH)–C–C–N with tert-alkyl or cyclic N) is 1. The number of aromatic nitrogens is 4. The van der Waals surface area contributed by atoms with Crippen LogP contribution in [0.5, 0.6) is 5.75 Å². The number of halogens is 1. The molecule has 2 aromatic carbocycles. The van der Waals surface area contributed by atoms with Crippen molar-refractivity contribution >= 4 is 63.2 Å². The molecule has 5 aromatic rings. The highest BCUT2D eigenvalue weighted by Crippen LogP contribution is 2.40. The molecule has 7 rings (SSSR count). The van der Waals surface area contributed by atoms with E-state index in [1.165, 1.54) is 27.9 Å². The average molecular weight is 1020 g/mol. The first-order valence-electron chi connectivity index (χ1n) is 24.4. The molecule has 19 heteroatoms. The van der Waals surface area contributed by atoms with Gasteiger partial charge in [-0.3, -0.25) is 19.2 Å². The quantitative estimate of drug-likeness (QED) is 0.0368. The zero-order valence-electron chi connectivity index (χ0n) is 40.7. The van der Waals surface area contributed by atoms with Gasteiger partial charge in [0.05, 0.1) is 32.6 Å². The standard InChI is InChI=1S/C52H66ClN7O10S/c1-30-46(71-29-58-30)32-16-14-31(15-17-32)25-55-49(67)40-24-36(63)26-60(40)50(68)38(52(2,3)4)23-34(61)12-10-8-6-5-7-9-11-13-35(62)27-69-41-22-33(18-19-39(41)53)42(64)45-43(65)44(66)51(70-45)59-21-20-37-47(54)56-28-57-48(37)59/h14-22,28-29,36,38,40,42-45,51,63-66H,5-13,23-27H2,1-4H3,(H,55,67)(H2,54,56,57)/t36-,38-,40+,42-,43+,44-,45-,51-/m1/s1. The lowest BCUT2D eigenvalue weighted by molar-refractivity contribution is -0.146. The molecule has 0 aliphatic carbocycles. The molecular weight excluding hydrogens is 950 g/mol. The van der Waals surface area contributed by atoms with Gasteiger partial charge in [0.15, 0.2) is 12.0 Å². The van der Waals surface area contributed by atoms with E-state index in [1.807, 2.05) is 57.5 Å². The molecule has 0 spiro atoms. The predicted molar refractivity (Wildman–Crippen MR) is 269 cm³/mol. The number of anilines is 1. The minimum Gasteiger partial charge on any atom is -0.484 e. The Kier molecular flexibility index (Phi) is 18.0. The van der Waals surface area contributed by atoms with Gasteiger partial charge < -0.3 is 50.4 Å². The number of ketones is 2. The van der Waals surface area contributed by atoms with Gasteiger partial charge in [0.1, 0.15) is 66.4 Å². The number of aryl methyl sites for hydroxylation is 1. The number of ether oxygens (including phenoxy) is 2. The van der Waals surface area contributed by atoms with Crippen LogP contribution in [-0.4, -0.2) is 112 Å². The fraction of sp³-hybridized carbons (Fsp3) is 0.519. The van der Waals surface area contributed by atoms with Gasteiger partial charge in [0.2, 0.25) is 11.8 Å². The van der Waals surface area contributed by atoms with E-state index >= 15 is 0 Å². The normalized spacial score (nSPS) is 21.1. The first kappa shape index (κ1) is 53.5. The average Bonchev–Trinajstić information content (AvgIpc) is 4.14. The summed E-state index contributed by atoms with van der Waals surface area (Å²) in [6.45, 7) is 7.84. The van der Waals surface area contributed by atoms with Gasteiger partial charge in [-0.05, 0) is 60.1 Å². The summed E-state index contributed by atoms with van der Waals surface area (Å²) < 4.78 is 13.3. The van der Waals surface area contributed by atoms with Crippen molar-refractivity contribution in [3.63, 3.8) is 0 Å². The Morgan fingerprint density at radius 1 is 0.930 bits per heavy atom. The fourth-order valence-electron chi connectivity index (χ4n) is 9.39. The Morgan fingerprint density at radius 2 is 1.62 bits per heavy atom. The molecule has 0 saturated carbocycles. The molecule has 8 atom stereocenters. The number of amides is 2. The Hall–Kier alpha value is -5.34. The number of fused-ring (bicyclic) bond motifs is 1. The van der Waals surface area contributed by atoms with Crippen molar-refractivity contribution in [1.82, 2.24) is 29.7 Å². The highest BCUT2D eigenvalue weighted by atomic mass is 35.5. The van der Waals surface area contributed by atoms with Crippen molar-refractivity contribution in [3.8, 4) is 16.2 Å². The number of nitrogens with two attached hydrogens (primary N) is 1. The largest absolute Gasteiger partial charge is 0.484 e. The van der Waals surface area contributed by atoms with Crippen molar-refractivity contribution in [2.24, 2.45) is 11.3 Å². The molecule has 2 aliphatic heterocycles. The number of hydrogen-bond acceptors (Lipinski definition) is 15. The minimum atomic E-state index is -1.45. The third-order valence-electron chi connectivity index (χ3n) is 13.6. The second kappa shape index (κ2) is 23.9. The summed E-state index contributed by atoms with van der Waals surface area (Å²) >= 11 is 7.96. The lowest BCUT2D eigenvalue weighted by Crippen LogP contribution is -2.50. The van der Waals surface area contributed by atoms with Crippen LogP contribution < -0.4 is 15.8 Å². The summed E-state index contributed by atoms with van der Waals surface area (Å²) in [4.78, 5) is 68.7. The summed E-state index contributed by atoms with van der Waals surface area (Å²) in [5, 5.41) is 47.4. The van der Waals surface area contributed by atoms with Crippen LogP contribution in [-0.2, 0) is 30.5 Å². The predicted octanol–water partition coefficient (Wildman–Crippen LogP) is 6.81. The van der Waals surface area contributed by atoms with Gasteiger partial charge in [0.25, 0.3) is 0 Å². The van der Waals surface area contributed by atoms with E-state index in [0.29, 0.717) is 42.3 Å². The summed E-state index contributed by atoms with van der Waals surface area (Å²) in [6.07, 6.45) is 2.32. The number of hydrogen-bond donors (Lipinski definition) is 6. The Balaban J connectivity index is 0.778. The molecule has 5 heterocycles. The number of aliphatic hydroxyl groups is 4. The lowest BCUT2D eigenvalue weighted by atomic mass is 9.76. The SMILES string of the molecule is Cc1ncsc1-c1ccc(CNC(=O)[C@@H]2C[C@@H](O)CN2C(=O)[C@@H](CC(=O)CCCCCCCCCC(=O)COc2cc([C@@H](O)[C@H]3O[C@@H](n4ccc5c(N)ncnc54)[C@H](O)[C@@H]3O)ccc2Cl)C(C)(C)C)cc1. The maximum absolute atomic E-state index is 14.1. The number of carbonyl (C=O) groups excluding carboxylic acids is 4. The summed E-state index contributed by atoms with van der Waals surface area (Å²) in [5.74, 6) is -0.943. The van der Waals surface area contributed by atoms with Gasteiger partial charge in [-0.15, -0.1) is 11.3 Å². The van der Waals surface area contributed by atoms with Crippen molar-refractivity contribution in [1.29, 1.82) is 0 Å². The Labute approximate surface area is 422 Å². The zero-order valence-corrected chi connectivity index (χ0v) is 42.3. The van der Waals surface area contributed by atoms with Crippen LogP contribution in [0.3, 0.4) is 0 Å². The third-order valence-corrected chi connectivity index (χ3v) is 14.9. The van der Waals surface area contributed by atoms with Crippen LogP contribution in [0, 0.1) is 18.3 Å². The maximum atomic E-state index is 14.1. The molecule has 3 aromatic heterocycles. The highest BCUT2D eigenvalue weighted by molar-refractivity contribution is 7.13. The van der Waals surface area contributed by atoms with Crippen molar-refractivity contribution in [2.45, 2.75) is 148 Å². The molecule has 382 valence electrons. The van der Waals surface area contributed by atoms with Crippen LogP contribution in [0.1, 0.15) is 121 Å². The number of Topliss-reactive ketones (excluding diaryl/α,β-unsaturated/α-hetero) is 2. The molecule has 2 amide bonds. The van der Waals surface area contributed by atoms with Crippen LogP contribution in [0.4, 0.5) is 5.82 Å². The van der Waals surface area contributed by atoms with E-state index in [9.17, 15) is 39.6 Å². The van der Waals surface area contributed by atoms with E-state index in [2.05, 4.69) is 20.3 Å². The second-order valence-electron chi connectivity index (χ2n) is 19.9. The third kappa shape index (κ3) is 13.2. The Bertz CT molecular complexity index is 2640. The number of unbranched alkanes of at least 4 members (excludes halogenated alkanes) is 6. The molecule has 17 nitrogen and oxygen atoms in total. The zero-order chi connectivity index (χ0) is 51.0. The van der Waals surface area contributed by atoms with Gasteiger partial charge in [-0.25, -0.2) is 15.0 Å². The number of likely N-dealkylation sites (tertiary alicyclic amines) is 1. The van der Waals surface area contributed by atoms with Crippen LogP contribution in [0.25, 0.3) is 21.5 Å². The van der Waals surface area contributed by atoms with Crippen molar-refractivity contribution in [2.75, 3.05) is 18.9 Å². The summed E-state index contributed by atoms with van der Waals surface area (Å²) in [6, 6.07) is 13.3. The van der Waals surface area contributed by atoms with E-state index in [4.69, 9.17) is 26.8 Å². The van der Waals surface area contributed by atoms with Crippen LogP contribution in [0.2, 0.25) is 5.02 Å². The van der Waals surface area contributed by atoms with E-state index in [1.54, 1.807) is 29.7 Å². The Morgan fingerprint density at radius 3 is 2.30 bits per heavy atom. The molecule has 2 aliphatic rings. The highest BCUT2D eigenvalue weighted by Gasteiger charge is 2.48. The molecule has 0 unspecified atom stereocenters. The summed E-state index contributed by atoms with van der Waals surface area (Å²) in [7, 11) is 0. The van der Waals surface area contributed by atoms with Crippen molar-refractivity contribution in [3.05, 3.63) is 88.4 Å². The van der Waals surface area contributed by atoms with Gasteiger partial charge in [0, 0.05) is 50.9 Å². The number of carbonyl (C=O) groups is 4. The van der Waals surface area contributed by atoms with E-state index in [0.717, 1.165) is 53.8 Å².